The van der Waals surface area contributed by atoms with Crippen molar-refractivity contribution >= 4 is 28.9 Å². The number of aromatic hydroxyl groups is 1. The maximum atomic E-state index is 9.52. The molecule has 0 radical (unpaired) electrons. The Morgan fingerprint density at radius 3 is 2.45 bits per heavy atom. The number of phenolic OH excluding ortho intramolecular Hbond substituents is 1. The molecule has 0 saturated carbocycles. The van der Waals surface area contributed by atoms with Gasteiger partial charge in [0.15, 0.2) is 5.75 Å². The SMILES string of the molecule is CC(Nc1cc(Cl)c(O)c(Cl)c1)c1cccc(C#N)c1. The van der Waals surface area contributed by atoms with Crippen LogP contribution in [0, 0.1) is 11.3 Å². The molecular weight excluding hydrogens is 295 g/mol. The zero-order valence-corrected chi connectivity index (χ0v) is 12.2. The average Bonchev–Trinajstić information content (AvgIpc) is 2.44. The minimum Gasteiger partial charge on any atom is -0.505 e. The predicted molar refractivity (Wildman–Crippen MR) is 81.3 cm³/mol. The lowest BCUT2D eigenvalue weighted by atomic mass is 10.1. The van der Waals surface area contributed by atoms with E-state index < -0.39 is 0 Å². The molecule has 0 heterocycles. The third-order valence-electron chi connectivity index (χ3n) is 2.92. The molecule has 1 unspecified atom stereocenters. The quantitative estimate of drug-likeness (QED) is 0.805. The van der Waals surface area contributed by atoms with Gasteiger partial charge in [0.25, 0.3) is 0 Å². The Kier molecular flexibility index (Phi) is 4.39. The Bertz CT molecular complexity index is 657. The van der Waals surface area contributed by atoms with E-state index in [-0.39, 0.29) is 21.8 Å². The minimum atomic E-state index is -0.127. The summed E-state index contributed by atoms with van der Waals surface area (Å²) in [6.45, 7) is 1.96. The Labute approximate surface area is 127 Å². The third kappa shape index (κ3) is 3.16. The van der Waals surface area contributed by atoms with Gasteiger partial charge in [-0.15, -0.1) is 0 Å². The summed E-state index contributed by atoms with van der Waals surface area (Å²) in [5, 5.41) is 22.0. The van der Waals surface area contributed by atoms with Crippen LogP contribution in [-0.4, -0.2) is 5.11 Å². The molecular formula is C15H12Cl2N2O. The van der Waals surface area contributed by atoms with Crippen LogP contribution in [0.2, 0.25) is 10.0 Å². The molecule has 0 aliphatic rings. The van der Waals surface area contributed by atoms with Crippen molar-refractivity contribution in [3.8, 4) is 11.8 Å². The molecule has 102 valence electrons. The van der Waals surface area contributed by atoms with Gasteiger partial charge >= 0.3 is 0 Å². The second kappa shape index (κ2) is 6.04. The molecule has 0 aliphatic heterocycles. The molecule has 20 heavy (non-hydrogen) atoms. The fourth-order valence-electron chi connectivity index (χ4n) is 1.86. The lowest BCUT2D eigenvalue weighted by Gasteiger charge is -2.17. The van der Waals surface area contributed by atoms with Crippen LogP contribution >= 0.6 is 23.2 Å². The number of anilines is 1. The fraction of sp³-hybridized carbons (Fsp3) is 0.133. The van der Waals surface area contributed by atoms with E-state index in [4.69, 9.17) is 28.5 Å². The highest BCUT2D eigenvalue weighted by atomic mass is 35.5. The Morgan fingerprint density at radius 1 is 1.20 bits per heavy atom. The van der Waals surface area contributed by atoms with Crippen molar-refractivity contribution in [1.82, 2.24) is 0 Å². The van der Waals surface area contributed by atoms with Gasteiger partial charge in [-0.25, -0.2) is 0 Å². The normalized spacial score (nSPS) is 11.7. The van der Waals surface area contributed by atoms with E-state index in [2.05, 4.69) is 11.4 Å². The predicted octanol–water partition coefficient (Wildman–Crippen LogP) is 4.74. The van der Waals surface area contributed by atoms with Crippen molar-refractivity contribution in [1.29, 1.82) is 5.26 Å². The first-order valence-electron chi connectivity index (χ1n) is 5.96. The van der Waals surface area contributed by atoms with Gasteiger partial charge in [-0.3, -0.25) is 0 Å². The number of halogens is 2. The zero-order valence-electron chi connectivity index (χ0n) is 10.7. The Morgan fingerprint density at radius 2 is 1.85 bits per heavy atom. The lowest BCUT2D eigenvalue weighted by Crippen LogP contribution is -2.06. The number of nitrogens with zero attached hydrogens (tertiary/aromatic N) is 1. The van der Waals surface area contributed by atoms with E-state index in [0.29, 0.717) is 11.3 Å². The molecule has 0 amide bonds. The number of benzene rings is 2. The first-order chi connectivity index (χ1) is 9.51. The number of nitrogens with one attached hydrogen (secondary N) is 1. The number of hydrogen-bond acceptors (Lipinski definition) is 3. The van der Waals surface area contributed by atoms with Gasteiger partial charge in [-0.2, -0.15) is 5.26 Å². The van der Waals surface area contributed by atoms with Gasteiger partial charge in [-0.1, -0.05) is 35.3 Å². The van der Waals surface area contributed by atoms with Crippen LogP contribution in [0.5, 0.6) is 5.75 Å². The smallest absolute Gasteiger partial charge is 0.152 e. The second-order valence-electron chi connectivity index (χ2n) is 4.39. The van der Waals surface area contributed by atoms with Gasteiger partial charge in [0, 0.05) is 11.7 Å². The molecule has 5 heteroatoms. The summed E-state index contributed by atoms with van der Waals surface area (Å²) in [6.07, 6.45) is 0. The number of nitriles is 1. The summed E-state index contributed by atoms with van der Waals surface area (Å²) in [6, 6.07) is 12.6. The van der Waals surface area contributed by atoms with E-state index in [1.54, 1.807) is 18.2 Å². The first-order valence-corrected chi connectivity index (χ1v) is 6.71. The molecule has 2 aromatic rings. The molecule has 1 atom stereocenters. The molecule has 0 fully saturated rings. The molecule has 0 aromatic heterocycles. The number of rotatable bonds is 3. The third-order valence-corrected chi connectivity index (χ3v) is 3.49. The topological polar surface area (TPSA) is 56.0 Å². The number of hydrogen-bond donors (Lipinski definition) is 2. The fourth-order valence-corrected chi connectivity index (χ4v) is 2.35. The summed E-state index contributed by atoms with van der Waals surface area (Å²) in [5.74, 6) is -0.127. The van der Waals surface area contributed by atoms with Crippen molar-refractivity contribution in [2.24, 2.45) is 0 Å². The molecule has 2 aromatic carbocycles. The van der Waals surface area contributed by atoms with Crippen LogP contribution in [0.15, 0.2) is 36.4 Å². The van der Waals surface area contributed by atoms with E-state index in [1.807, 2.05) is 25.1 Å². The molecule has 3 nitrogen and oxygen atoms in total. The van der Waals surface area contributed by atoms with Gasteiger partial charge in [0.05, 0.1) is 21.7 Å². The van der Waals surface area contributed by atoms with E-state index in [0.717, 1.165) is 5.56 Å². The lowest BCUT2D eigenvalue weighted by molar-refractivity contribution is 0.476. The summed E-state index contributed by atoms with van der Waals surface area (Å²) in [4.78, 5) is 0. The number of phenols is 1. The molecule has 0 bridgehead atoms. The average molecular weight is 307 g/mol. The molecule has 0 spiro atoms. The van der Waals surface area contributed by atoms with Crippen LogP contribution in [0.3, 0.4) is 0 Å². The van der Waals surface area contributed by atoms with Crippen LogP contribution in [0.4, 0.5) is 5.69 Å². The maximum Gasteiger partial charge on any atom is 0.152 e. The summed E-state index contributed by atoms with van der Waals surface area (Å²) in [7, 11) is 0. The summed E-state index contributed by atoms with van der Waals surface area (Å²) in [5.41, 5.74) is 2.29. The summed E-state index contributed by atoms with van der Waals surface area (Å²) < 4.78 is 0. The standard InChI is InChI=1S/C15H12Cl2N2O/c1-9(11-4-2-3-10(5-11)8-18)19-12-6-13(16)15(20)14(17)7-12/h2-7,9,19-20H,1H3. The van der Waals surface area contributed by atoms with Gasteiger partial charge in [0.1, 0.15) is 0 Å². The maximum absolute atomic E-state index is 9.52. The molecule has 0 saturated heterocycles. The van der Waals surface area contributed by atoms with Crippen molar-refractivity contribution in [2.75, 3.05) is 5.32 Å². The summed E-state index contributed by atoms with van der Waals surface area (Å²) >= 11 is 11.8. The van der Waals surface area contributed by atoms with E-state index >= 15 is 0 Å². The first kappa shape index (κ1) is 14.5. The zero-order chi connectivity index (χ0) is 14.7. The highest BCUT2D eigenvalue weighted by molar-refractivity contribution is 6.37. The minimum absolute atomic E-state index is 0.0278. The molecule has 0 aliphatic carbocycles. The van der Waals surface area contributed by atoms with Gasteiger partial charge < -0.3 is 10.4 Å². The van der Waals surface area contributed by atoms with Crippen molar-refractivity contribution in [2.45, 2.75) is 13.0 Å². The van der Waals surface area contributed by atoms with Crippen LogP contribution in [0.1, 0.15) is 24.1 Å². The molecule has 2 rings (SSSR count). The largest absolute Gasteiger partial charge is 0.505 e. The highest BCUT2D eigenvalue weighted by Crippen LogP contribution is 2.35. The Balaban J connectivity index is 2.23. The van der Waals surface area contributed by atoms with E-state index in [9.17, 15) is 5.11 Å². The Hall–Kier alpha value is -1.89. The monoisotopic (exact) mass is 306 g/mol. The van der Waals surface area contributed by atoms with Gasteiger partial charge in [-0.05, 0) is 36.8 Å². The highest BCUT2D eigenvalue weighted by Gasteiger charge is 2.10. The molecule has 2 N–H and O–H groups in total. The van der Waals surface area contributed by atoms with Crippen molar-refractivity contribution in [3.63, 3.8) is 0 Å². The van der Waals surface area contributed by atoms with Crippen molar-refractivity contribution in [3.05, 3.63) is 57.6 Å². The van der Waals surface area contributed by atoms with Crippen LogP contribution in [0.25, 0.3) is 0 Å². The van der Waals surface area contributed by atoms with E-state index in [1.165, 1.54) is 0 Å². The second-order valence-corrected chi connectivity index (χ2v) is 5.21. The van der Waals surface area contributed by atoms with Gasteiger partial charge in [0.2, 0.25) is 0 Å². The van der Waals surface area contributed by atoms with Crippen molar-refractivity contribution < 1.29 is 5.11 Å². The van der Waals surface area contributed by atoms with Crippen LogP contribution < -0.4 is 5.32 Å². The van der Waals surface area contributed by atoms with Crippen LogP contribution in [-0.2, 0) is 0 Å².